The van der Waals surface area contributed by atoms with Gasteiger partial charge < -0.3 is 4.57 Å². The zero-order chi connectivity index (χ0) is 23.1. The molecule has 0 saturated heterocycles. The van der Waals surface area contributed by atoms with Crippen molar-refractivity contribution in [2.24, 2.45) is 0 Å². The monoisotopic (exact) mass is 459 g/mol. The van der Waals surface area contributed by atoms with E-state index in [-0.39, 0.29) is 17.3 Å². The van der Waals surface area contributed by atoms with Crippen molar-refractivity contribution < 1.29 is 4.39 Å². The summed E-state index contributed by atoms with van der Waals surface area (Å²) in [4.78, 5) is 18.4. The third kappa shape index (κ3) is 3.93. The van der Waals surface area contributed by atoms with Gasteiger partial charge in [0.15, 0.2) is 0 Å². The van der Waals surface area contributed by atoms with E-state index in [0.717, 1.165) is 22.0 Å². The average molecular weight is 460 g/mol. The van der Waals surface area contributed by atoms with Crippen molar-refractivity contribution in [3.05, 3.63) is 111 Å². The van der Waals surface area contributed by atoms with E-state index in [0.29, 0.717) is 29.1 Å². The number of benzene rings is 3. The van der Waals surface area contributed by atoms with Gasteiger partial charge in [-0.25, -0.2) is 9.37 Å². The maximum absolute atomic E-state index is 13.7. The first-order valence-corrected chi connectivity index (χ1v) is 11.3. The molecule has 2 heterocycles. The second-order valence-electron chi connectivity index (χ2n) is 8.55. The lowest BCUT2D eigenvalue weighted by Crippen LogP contribution is -2.24. The van der Waals surface area contributed by atoms with Gasteiger partial charge in [-0.2, -0.15) is 0 Å². The maximum atomic E-state index is 13.7. The van der Waals surface area contributed by atoms with E-state index < -0.39 is 0 Å². The first kappa shape index (κ1) is 21.4. The van der Waals surface area contributed by atoms with Crippen LogP contribution in [-0.2, 0) is 13.1 Å². The Kier molecular flexibility index (Phi) is 5.51. The van der Waals surface area contributed by atoms with E-state index >= 15 is 0 Å². The Morgan fingerprint density at radius 1 is 1.06 bits per heavy atom. The molecule has 0 saturated carbocycles. The van der Waals surface area contributed by atoms with Crippen LogP contribution < -0.4 is 5.56 Å². The first-order chi connectivity index (χ1) is 15.9. The van der Waals surface area contributed by atoms with Gasteiger partial charge in [-0.1, -0.05) is 66.6 Å². The van der Waals surface area contributed by atoms with Crippen LogP contribution in [0.5, 0.6) is 0 Å². The van der Waals surface area contributed by atoms with E-state index in [9.17, 15) is 9.18 Å². The van der Waals surface area contributed by atoms with Crippen molar-refractivity contribution in [3.8, 4) is 0 Å². The number of fused-ring (bicyclic) bond motifs is 3. The van der Waals surface area contributed by atoms with E-state index in [1.54, 1.807) is 17.0 Å². The molecule has 0 aliphatic carbocycles. The van der Waals surface area contributed by atoms with Crippen LogP contribution in [0.15, 0.2) is 77.9 Å². The summed E-state index contributed by atoms with van der Waals surface area (Å²) in [6.45, 7) is 4.98. The molecule has 0 bridgehead atoms. The van der Waals surface area contributed by atoms with Crippen LogP contribution in [0.2, 0.25) is 5.02 Å². The highest BCUT2D eigenvalue weighted by Gasteiger charge is 2.19. The highest BCUT2D eigenvalue weighted by atomic mass is 35.5. The van der Waals surface area contributed by atoms with Crippen LogP contribution in [0.4, 0.5) is 4.39 Å². The minimum atomic E-state index is -0.388. The number of nitrogens with zero attached hydrogens (tertiary/aromatic N) is 3. The summed E-state index contributed by atoms with van der Waals surface area (Å²) in [5, 5.41) is 1.25. The number of hydrogen-bond acceptors (Lipinski definition) is 2. The Labute approximate surface area is 195 Å². The summed E-state index contributed by atoms with van der Waals surface area (Å²) < 4.78 is 17.2. The molecule has 166 valence electrons. The molecule has 0 radical (unpaired) electrons. The first-order valence-electron chi connectivity index (χ1n) is 10.9. The smallest absolute Gasteiger partial charge is 0.277 e. The molecular formula is C27H23ClFN3O. The lowest BCUT2D eigenvalue weighted by molar-refractivity contribution is 0.575. The van der Waals surface area contributed by atoms with Crippen LogP contribution >= 0.6 is 11.6 Å². The van der Waals surface area contributed by atoms with Gasteiger partial charge in [-0.15, -0.1) is 0 Å². The predicted octanol–water partition coefficient (Wildman–Crippen LogP) is 6.30. The fraction of sp³-hybridized carbons (Fsp3) is 0.185. The summed E-state index contributed by atoms with van der Waals surface area (Å²) in [5.41, 5.74) is 4.98. The van der Waals surface area contributed by atoms with E-state index in [1.807, 2.05) is 47.9 Å². The van der Waals surface area contributed by atoms with Gasteiger partial charge in [0.2, 0.25) is 0 Å². The summed E-state index contributed by atoms with van der Waals surface area (Å²) in [6, 6.07) is 20.5. The molecule has 6 heteroatoms. The van der Waals surface area contributed by atoms with Crippen molar-refractivity contribution >= 4 is 33.5 Å². The van der Waals surface area contributed by atoms with Gasteiger partial charge in [0.1, 0.15) is 16.9 Å². The number of hydrogen-bond donors (Lipinski definition) is 0. The number of rotatable bonds is 5. The van der Waals surface area contributed by atoms with Crippen LogP contribution in [0.3, 0.4) is 0 Å². The molecule has 4 nitrogen and oxygen atoms in total. The number of aryl methyl sites for hydroxylation is 1. The van der Waals surface area contributed by atoms with Crippen LogP contribution in [0, 0.1) is 12.7 Å². The Balaban J connectivity index is 1.68. The van der Waals surface area contributed by atoms with Crippen molar-refractivity contribution in [1.82, 2.24) is 14.1 Å². The normalized spacial score (nSPS) is 12.5. The van der Waals surface area contributed by atoms with Gasteiger partial charge in [-0.3, -0.25) is 9.36 Å². The molecule has 0 aliphatic rings. The van der Waals surface area contributed by atoms with Crippen molar-refractivity contribution in [1.29, 1.82) is 0 Å². The Morgan fingerprint density at radius 2 is 1.85 bits per heavy atom. The summed E-state index contributed by atoms with van der Waals surface area (Å²) in [5.74, 6) is -0.240. The molecule has 5 rings (SSSR count). The molecular weight excluding hydrogens is 437 g/mol. The van der Waals surface area contributed by atoms with Crippen LogP contribution in [0.1, 0.15) is 29.5 Å². The van der Waals surface area contributed by atoms with Crippen molar-refractivity contribution in [3.63, 3.8) is 0 Å². The minimum Gasteiger partial charge on any atom is -0.330 e. The van der Waals surface area contributed by atoms with Gasteiger partial charge in [0.25, 0.3) is 5.56 Å². The standard InChI is InChI=1S/C27H23ClFN3O/c1-17-8-11-24-22(12-17)25-26(32(24)15-20-9-10-21(29)13-23(20)28)27(33)31(16-30-25)14-18(2)19-6-4-3-5-7-19/h3-13,16,18H,14-15H2,1-2H3/t18-/m1/s1. The molecule has 1 atom stereocenters. The van der Waals surface area contributed by atoms with E-state index in [2.05, 4.69) is 19.1 Å². The third-order valence-corrected chi connectivity index (χ3v) is 6.52. The van der Waals surface area contributed by atoms with Crippen molar-refractivity contribution in [2.45, 2.75) is 32.9 Å². The molecule has 2 aromatic heterocycles. The molecule has 3 aromatic carbocycles. The second kappa shape index (κ2) is 8.49. The average Bonchev–Trinajstić information content (AvgIpc) is 3.11. The minimum absolute atomic E-state index is 0.102. The maximum Gasteiger partial charge on any atom is 0.277 e. The van der Waals surface area contributed by atoms with E-state index in [4.69, 9.17) is 16.6 Å². The largest absolute Gasteiger partial charge is 0.330 e. The second-order valence-corrected chi connectivity index (χ2v) is 8.96. The van der Waals surface area contributed by atoms with Crippen LogP contribution in [-0.4, -0.2) is 14.1 Å². The fourth-order valence-electron chi connectivity index (χ4n) is 4.41. The molecule has 0 amide bonds. The van der Waals surface area contributed by atoms with Crippen molar-refractivity contribution in [2.75, 3.05) is 0 Å². The number of halogens is 2. The van der Waals surface area contributed by atoms with Crippen LogP contribution in [0.25, 0.3) is 21.9 Å². The molecule has 33 heavy (non-hydrogen) atoms. The molecule has 0 spiro atoms. The lowest BCUT2D eigenvalue weighted by atomic mass is 10.0. The third-order valence-electron chi connectivity index (χ3n) is 6.16. The highest BCUT2D eigenvalue weighted by molar-refractivity contribution is 6.31. The molecule has 0 N–H and O–H groups in total. The molecule has 5 aromatic rings. The predicted molar refractivity (Wildman–Crippen MR) is 132 cm³/mol. The molecule has 0 fully saturated rings. The Bertz CT molecular complexity index is 1540. The lowest BCUT2D eigenvalue weighted by Gasteiger charge is -2.14. The molecule has 0 aliphatic heterocycles. The number of aromatic nitrogens is 3. The topological polar surface area (TPSA) is 39.8 Å². The SMILES string of the molecule is Cc1ccc2c(c1)c1ncn(C[C@@H](C)c3ccccc3)c(=O)c1n2Cc1ccc(F)cc1Cl. The van der Waals surface area contributed by atoms with Gasteiger partial charge >= 0.3 is 0 Å². The van der Waals surface area contributed by atoms with Gasteiger partial charge in [0, 0.05) is 23.5 Å². The quantitative estimate of drug-likeness (QED) is 0.309. The Hall–Kier alpha value is -3.44. The molecule has 0 unspecified atom stereocenters. The zero-order valence-electron chi connectivity index (χ0n) is 18.4. The zero-order valence-corrected chi connectivity index (χ0v) is 19.2. The van der Waals surface area contributed by atoms with E-state index in [1.165, 1.54) is 17.7 Å². The van der Waals surface area contributed by atoms with Gasteiger partial charge in [-0.05, 0) is 48.2 Å². The highest BCUT2D eigenvalue weighted by Crippen LogP contribution is 2.29. The van der Waals surface area contributed by atoms with Gasteiger partial charge in [0.05, 0.1) is 11.8 Å². The summed E-state index contributed by atoms with van der Waals surface area (Å²) >= 11 is 6.33. The summed E-state index contributed by atoms with van der Waals surface area (Å²) in [7, 11) is 0. The summed E-state index contributed by atoms with van der Waals surface area (Å²) in [6.07, 6.45) is 1.64. The Morgan fingerprint density at radius 3 is 2.61 bits per heavy atom. The fourth-order valence-corrected chi connectivity index (χ4v) is 4.64.